The zero-order valence-corrected chi connectivity index (χ0v) is 21.0. The molecular weight excluding hydrogens is 508 g/mol. The summed E-state index contributed by atoms with van der Waals surface area (Å²) < 4.78 is 88.6. The smallest absolute Gasteiger partial charge is 0.372 e. The zero-order chi connectivity index (χ0) is 27.5. The summed E-state index contributed by atoms with van der Waals surface area (Å²) in [6, 6.07) is 13.3. The van der Waals surface area contributed by atoms with Crippen molar-refractivity contribution in [2.24, 2.45) is 0 Å². The van der Waals surface area contributed by atoms with E-state index in [1.54, 1.807) is 19.9 Å². The number of aromatic nitrogens is 3. The Bertz CT molecular complexity index is 1470. The van der Waals surface area contributed by atoms with Crippen LogP contribution in [0.2, 0.25) is 0 Å². The summed E-state index contributed by atoms with van der Waals surface area (Å²) in [7, 11) is 0. The fourth-order valence-corrected chi connectivity index (χ4v) is 5.36. The average Bonchev–Trinajstić information content (AvgIpc) is 3.47. The SMILES string of the molecule is CC(C)n1nc(C(F)(F)F)cc1C1CC(C)(c2[nH]c3ccccc3c2-c2cccc(C(F)(F)F)c2)CCO1. The highest BCUT2D eigenvalue weighted by Crippen LogP contribution is 2.48. The van der Waals surface area contributed by atoms with Crippen LogP contribution in [0.15, 0.2) is 54.6 Å². The number of rotatable bonds is 4. The molecule has 1 aliphatic rings. The van der Waals surface area contributed by atoms with Crippen LogP contribution in [0.4, 0.5) is 26.3 Å². The quantitative estimate of drug-likeness (QED) is 0.267. The Morgan fingerprint density at radius 1 is 1.00 bits per heavy atom. The summed E-state index contributed by atoms with van der Waals surface area (Å²) >= 11 is 0. The molecule has 1 N–H and O–H groups in total. The Morgan fingerprint density at radius 3 is 2.42 bits per heavy atom. The minimum absolute atomic E-state index is 0.267. The zero-order valence-electron chi connectivity index (χ0n) is 21.0. The van der Waals surface area contributed by atoms with Crippen LogP contribution in [0.1, 0.15) is 68.4 Å². The first-order valence-corrected chi connectivity index (χ1v) is 12.3. The molecule has 202 valence electrons. The first-order valence-electron chi connectivity index (χ1n) is 12.3. The molecule has 2 aromatic heterocycles. The van der Waals surface area contributed by atoms with Crippen LogP contribution in [-0.2, 0) is 22.5 Å². The molecule has 3 heterocycles. The van der Waals surface area contributed by atoms with E-state index in [0.717, 1.165) is 34.8 Å². The molecule has 0 spiro atoms. The molecule has 0 saturated carbocycles. The topological polar surface area (TPSA) is 42.8 Å². The Balaban J connectivity index is 1.63. The number of nitrogens with zero attached hydrogens (tertiary/aromatic N) is 2. The van der Waals surface area contributed by atoms with Crippen molar-refractivity contribution in [3.8, 4) is 11.1 Å². The second-order valence-electron chi connectivity index (χ2n) is 10.4. The number of H-pyrrole nitrogens is 1. The molecule has 0 amide bonds. The highest BCUT2D eigenvalue weighted by molar-refractivity contribution is 5.98. The lowest BCUT2D eigenvalue weighted by Gasteiger charge is -2.39. The molecule has 2 unspecified atom stereocenters. The number of hydrogen-bond donors (Lipinski definition) is 1. The number of ether oxygens (including phenoxy) is 1. The second-order valence-corrected chi connectivity index (χ2v) is 10.4. The van der Waals surface area contributed by atoms with Gasteiger partial charge in [0.1, 0.15) is 6.10 Å². The van der Waals surface area contributed by atoms with Gasteiger partial charge in [0, 0.05) is 40.2 Å². The molecule has 10 heteroatoms. The van der Waals surface area contributed by atoms with Gasteiger partial charge < -0.3 is 9.72 Å². The third-order valence-electron chi connectivity index (χ3n) is 7.27. The number of halogens is 6. The van der Waals surface area contributed by atoms with E-state index in [1.807, 2.05) is 31.2 Å². The van der Waals surface area contributed by atoms with Crippen molar-refractivity contribution in [1.82, 2.24) is 14.8 Å². The maximum atomic E-state index is 13.6. The van der Waals surface area contributed by atoms with Gasteiger partial charge in [-0.25, -0.2) is 0 Å². The van der Waals surface area contributed by atoms with Gasteiger partial charge in [-0.1, -0.05) is 37.3 Å². The Kier molecular flexibility index (Phi) is 6.37. The van der Waals surface area contributed by atoms with E-state index < -0.39 is 35.1 Å². The van der Waals surface area contributed by atoms with E-state index in [-0.39, 0.29) is 12.6 Å². The van der Waals surface area contributed by atoms with Gasteiger partial charge in [-0.15, -0.1) is 0 Å². The van der Waals surface area contributed by atoms with Crippen molar-refractivity contribution in [2.75, 3.05) is 6.61 Å². The highest BCUT2D eigenvalue weighted by Gasteiger charge is 2.42. The van der Waals surface area contributed by atoms with Crippen molar-refractivity contribution in [2.45, 2.75) is 63.5 Å². The van der Waals surface area contributed by atoms with Crippen LogP contribution >= 0.6 is 0 Å². The number of alkyl halides is 6. The Morgan fingerprint density at radius 2 is 1.74 bits per heavy atom. The third-order valence-corrected chi connectivity index (χ3v) is 7.27. The van der Waals surface area contributed by atoms with Crippen LogP contribution in [0, 0.1) is 0 Å². The highest BCUT2D eigenvalue weighted by atomic mass is 19.4. The van der Waals surface area contributed by atoms with Crippen molar-refractivity contribution in [3.63, 3.8) is 0 Å². The Labute approximate surface area is 215 Å². The standard InChI is InChI=1S/C28H27F6N3O/c1-16(2)37-21(14-23(36-37)28(32,33)34)22-15-26(3,11-12-38-22)25-24(19-9-4-5-10-20(19)35-25)17-7-6-8-18(13-17)27(29,30)31/h4-10,13-14,16,22,35H,11-12,15H2,1-3H3. The molecule has 1 saturated heterocycles. The van der Waals surface area contributed by atoms with Gasteiger partial charge in [0.25, 0.3) is 0 Å². The molecular formula is C28H27F6N3O. The van der Waals surface area contributed by atoms with E-state index in [0.29, 0.717) is 29.7 Å². The monoisotopic (exact) mass is 535 g/mol. The second kappa shape index (κ2) is 9.18. The predicted molar refractivity (Wildman–Crippen MR) is 132 cm³/mol. The lowest BCUT2D eigenvalue weighted by Crippen LogP contribution is -2.34. The minimum atomic E-state index is -4.60. The first-order chi connectivity index (χ1) is 17.8. The van der Waals surface area contributed by atoms with Gasteiger partial charge >= 0.3 is 12.4 Å². The molecule has 2 atom stereocenters. The van der Waals surface area contributed by atoms with Crippen molar-refractivity contribution < 1.29 is 31.1 Å². The van der Waals surface area contributed by atoms with E-state index in [1.165, 1.54) is 10.7 Å². The first kappa shape index (κ1) is 26.3. The molecule has 38 heavy (non-hydrogen) atoms. The number of hydrogen-bond acceptors (Lipinski definition) is 2. The van der Waals surface area contributed by atoms with Gasteiger partial charge in [0.05, 0.1) is 11.3 Å². The molecule has 0 bridgehead atoms. The Hall–Kier alpha value is -3.27. The van der Waals surface area contributed by atoms with Crippen LogP contribution < -0.4 is 0 Å². The van der Waals surface area contributed by atoms with Crippen molar-refractivity contribution in [3.05, 3.63) is 77.2 Å². The summed E-state index contributed by atoms with van der Waals surface area (Å²) in [5, 5.41) is 4.58. The van der Waals surface area contributed by atoms with Crippen LogP contribution in [0.3, 0.4) is 0 Å². The number of fused-ring (bicyclic) bond motifs is 1. The average molecular weight is 536 g/mol. The normalized spacial score (nSPS) is 20.9. The molecule has 0 aliphatic carbocycles. The fraction of sp³-hybridized carbons (Fsp3) is 0.393. The van der Waals surface area contributed by atoms with Crippen LogP contribution in [-0.4, -0.2) is 21.4 Å². The predicted octanol–water partition coefficient (Wildman–Crippen LogP) is 8.46. The van der Waals surface area contributed by atoms with E-state index >= 15 is 0 Å². The van der Waals surface area contributed by atoms with Crippen molar-refractivity contribution >= 4 is 10.9 Å². The molecule has 5 rings (SSSR count). The van der Waals surface area contributed by atoms with Crippen LogP contribution in [0.25, 0.3) is 22.0 Å². The summed E-state index contributed by atoms with van der Waals surface area (Å²) in [5.74, 6) is 0. The maximum Gasteiger partial charge on any atom is 0.435 e. The lowest BCUT2D eigenvalue weighted by molar-refractivity contribution is -0.141. The van der Waals surface area contributed by atoms with Crippen molar-refractivity contribution in [1.29, 1.82) is 0 Å². The van der Waals surface area contributed by atoms with Gasteiger partial charge in [0.2, 0.25) is 0 Å². The molecule has 4 aromatic rings. The van der Waals surface area contributed by atoms with E-state index in [4.69, 9.17) is 4.74 Å². The van der Waals surface area contributed by atoms with Gasteiger partial charge in [0.15, 0.2) is 5.69 Å². The molecule has 1 aliphatic heterocycles. The fourth-order valence-electron chi connectivity index (χ4n) is 5.36. The lowest BCUT2D eigenvalue weighted by atomic mass is 9.74. The number of nitrogens with one attached hydrogen (secondary N) is 1. The van der Waals surface area contributed by atoms with E-state index in [9.17, 15) is 26.3 Å². The minimum Gasteiger partial charge on any atom is -0.372 e. The molecule has 4 nitrogen and oxygen atoms in total. The largest absolute Gasteiger partial charge is 0.435 e. The third kappa shape index (κ3) is 4.70. The maximum absolute atomic E-state index is 13.6. The summed E-state index contributed by atoms with van der Waals surface area (Å²) in [6.45, 7) is 5.75. The summed E-state index contributed by atoms with van der Waals surface area (Å²) in [6.07, 6.45) is -8.92. The molecule has 1 fully saturated rings. The summed E-state index contributed by atoms with van der Waals surface area (Å²) in [4.78, 5) is 3.43. The van der Waals surface area contributed by atoms with Gasteiger partial charge in [-0.3, -0.25) is 4.68 Å². The number of benzene rings is 2. The van der Waals surface area contributed by atoms with Crippen LogP contribution in [0.5, 0.6) is 0 Å². The number of aromatic amines is 1. The molecule has 2 aromatic carbocycles. The summed E-state index contributed by atoms with van der Waals surface area (Å²) in [5.41, 5.74) is 0.551. The number of para-hydroxylation sites is 1. The van der Waals surface area contributed by atoms with Gasteiger partial charge in [-0.2, -0.15) is 31.4 Å². The molecule has 0 radical (unpaired) electrons. The van der Waals surface area contributed by atoms with Gasteiger partial charge in [-0.05, 0) is 56.5 Å². The van der Waals surface area contributed by atoms with E-state index in [2.05, 4.69) is 10.1 Å².